The molecule has 1 saturated carbocycles. The van der Waals surface area contributed by atoms with Gasteiger partial charge in [0.2, 0.25) is 0 Å². The smallest absolute Gasteiger partial charge is 0.376 e. The number of H-pyrrole nitrogens is 1. The molecule has 0 amide bonds. The van der Waals surface area contributed by atoms with Gasteiger partial charge < -0.3 is 10.1 Å². The Bertz CT molecular complexity index is 627. The van der Waals surface area contributed by atoms with E-state index >= 15 is 0 Å². The van der Waals surface area contributed by atoms with Gasteiger partial charge in [-0.05, 0) is 25.3 Å². The van der Waals surface area contributed by atoms with Gasteiger partial charge in [-0.25, -0.2) is 0 Å². The van der Waals surface area contributed by atoms with Crippen LogP contribution in [0.25, 0.3) is 10.9 Å². The van der Waals surface area contributed by atoms with E-state index in [4.69, 9.17) is 0 Å². The van der Waals surface area contributed by atoms with Gasteiger partial charge in [-0.2, -0.15) is 13.2 Å². The summed E-state index contributed by atoms with van der Waals surface area (Å²) in [6.45, 7) is 1.83. The van der Waals surface area contributed by atoms with Crippen molar-refractivity contribution in [1.29, 1.82) is 0 Å². The van der Waals surface area contributed by atoms with Crippen LogP contribution < -0.4 is 0 Å². The number of hydrogen-bond donors (Lipinski definition) is 2. The zero-order chi connectivity index (χ0) is 13.8. The number of benzene rings is 1. The lowest BCUT2D eigenvalue weighted by atomic mass is 9.87. The fourth-order valence-corrected chi connectivity index (χ4v) is 2.73. The first-order valence-electron chi connectivity index (χ1n) is 6.22. The second-order valence-electron chi connectivity index (χ2n) is 5.24. The zero-order valence-corrected chi connectivity index (χ0v) is 10.4. The van der Waals surface area contributed by atoms with Gasteiger partial charge >= 0.3 is 6.18 Å². The van der Waals surface area contributed by atoms with Crippen molar-refractivity contribution in [3.63, 3.8) is 0 Å². The molecule has 3 rings (SSSR count). The van der Waals surface area contributed by atoms with Gasteiger partial charge in [-0.1, -0.05) is 18.2 Å². The number of halogens is 3. The van der Waals surface area contributed by atoms with E-state index in [9.17, 15) is 18.3 Å². The van der Waals surface area contributed by atoms with Gasteiger partial charge in [0.15, 0.2) is 5.60 Å². The highest BCUT2D eigenvalue weighted by atomic mass is 19.4. The Morgan fingerprint density at radius 1 is 1.26 bits per heavy atom. The van der Waals surface area contributed by atoms with Crippen LogP contribution in [0.4, 0.5) is 13.2 Å². The molecule has 1 aliphatic carbocycles. The van der Waals surface area contributed by atoms with Crippen molar-refractivity contribution in [2.75, 3.05) is 0 Å². The summed E-state index contributed by atoms with van der Waals surface area (Å²) in [6, 6.07) is 5.15. The summed E-state index contributed by atoms with van der Waals surface area (Å²) in [5.41, 5.74) is -1.27. The number of fused-ring (bicyclic) bond motifs is 1. The third-order valence-corrected chi connectivity index (χ3v) is 3.93. The Labute approximate surface area is 108 Å². The van der Waals surface area contributed by atoms with Gasteiger partial charge in [-0.15, -0.1) is 0 Å². The number of aromatic amines is 1. The average Bonchev–Trinajstić information content (AvgIpc) is 3.07. The molecule has 2 nitrogen and oxygen atoms in total. The van der Waals surface area contributed by atoms with Crippen LogP contribution in [-0.2, 0) is 5.60 Å². The maximum absolute atomic E-state index is 13.3. The molecule has 5 heteroatoms. The average molecular weight is 269 g/mol. The number of aliphatic hydroxyl groups is 1. The van der Waals surface area contributed by atoms with E-state index < -0.39 is 17.7 Å². The number of hydrogen-bond acceptors (Lipinski definition) is 1. The summed E-state index contributed by atoms with van der Waals surface area (Å²) in [5, 5.41) is 10.7. The number of para-hydroxylation sites is 1. The molecular weight excluding hydrogens is 255 g/mol. The number of alkyl halides is 3. The molecule has 0 radical (unpaired) electrons. The molecule has 1 unspecified atom stereocenters. The second-order valence-corrected chi connectivity index (χ2v) is 5.24. The second kappa shape index (κ2) is 3.76. The molecular formula is C14H14F3NO. The van der Waals surface area contributed by atoms with Crippen molar-refractivity contribution in [2.45, 2.75) is 31.5 Å². The molecule has 2 N–H and O–H groups in total. The van der Waals surface area contributed by atoms with Crippen LogP contribution in [-0.4, -0.2) is 16.3 Å². The minimum absolute atomic E-state index is 0.0544. The first-order chi connectivity index (χ1) is 8.85. The van der Waals surface area contributed by atoms with Gasteiger partial charge in [-0.3, -0.25) is 0 Å². The Balaban J connectivity index is 2.25. The first kappa shape index (κ1) is 12.5. The van der Waals surface area contributed by atoms with Crippen molar-refractivity contribution >= 4 is 10.9 Å². The normalized spacial score (nSPS) is 19.6. The fraction of sp³-hybridized carbons (Fsp3) is 0.429. The summed E-state index contributed by atoms with van der Waals surface area (Å²) >= 11 is 0. The van der Waals surface area contributed by atoms with Gasteiger partial charge in [0.05, 0.1) is 0 Å². The highest BCUT2D eigenvalue weighted by Crippen LogP contribution is 2.55. The van der Waals surface area contributed by atoms with E-state index in [0.717, 1.165) is 5.56 Å². The van der Waals surface area contributed by atoms with Crippen LogP contribution in [0.1, 0.15) is 24.0 Å². The summed E-state index contributed by atoms with van der Waals surface area (Å²) in [6.07, 6.45) is -2.54. The van der Waals surface area contributed by atoms with Crippen LogP contribution in [0.2, 0.25) is 0 Å². The van der Waals surface area contributed by atoms with E-state index in [1.54, 1.807) is 12.1 Å². The van der Waals surface area contributed by atoms with E-state index in [1.807, 2.05) is 13.0 Å². The Morgan fingerprint density at radius 2 is 1.95 bits per heavy atom. The van der Waals surface area contributed by atoms with Crippen molar-refractivity contribution in [3.8, 4) is 0 Å². The third-order valence-electron chi connectivity index (χ3n) is 3.93. The number of aryl methyl sites for hydroxylation is 1. The van der Waals surface area contributed by atoms with Crippen LogP contribution in [0.3, 0.4) is 0 Å². The molecule has 1 aliphatic rings. The molecule has 1 fully saturated rings. The van der Waals surface area contributed by atoms with Crippen LogP contribution in [0.5, 0.6) is 0 Å². The number of aromatic nitrogens is 1. The Hall–Kier alpha value is -1.49. The molecule has 0 aliphatic heterocycles. The molecule has 1 aromatic heterocycles. The van der Waals surface area contributed by atoms with Crippen LogP contribution in [0.15, 0.2) is 24.4 Å². The van der Waals surface area contributed by atoms with E-state index in [1.165, 1.54) is 6.20 Å². The molecule has 1 aromatic carbocycles. The molecule has 0 bridgehead atoms. The largest absolute Gasteiger partial charge is 0.421 e. The van der Waals surface area contributed by atoms with Crippen molar-refractivity contribution < 1.29 is 18.3 Å². The standard InChI is InChI=1S/C14H14F3NO/c1-8-3-2-4-10-11(7-18-12(8)10)13(19,9-5-6-9)14(15,16)17/h2-4,7,9,18-19H,5-6H2,1H3. The number of rotatable bonds is 2. The first-order valence-corrected chi connectivity index (χ1v) is 6.22. The fourth-order valence-electron chi connectivity index (χ4n) is 2.73. The quantitative estimate of drug-likeness (QED) is 0.858. The van der Waals surface area contributed by atoms with Crippen LogP contribution >= 0.6 is 0 Å². The predicted octanol–water partition coefficient (Wildman–Crippen LogP) is 3.64. The highest BCUT2D eigenvalue weighted by molar-refractivity contribution is 5.86. The molecule has 0 saturated heterocycles. The van der Waals surface area contributed by atoms with E-state index in [2.05, 4.69) is 4.98 Å². The lowest BCUT2D eigenvalue weighted by Crippen LogP contribution is -2.44. The predicted molar refractivity (Wildman–Crippen MR) is 65.7 cm³/mol. The zero-order valence-electron chi connectivity index (χ0n) is 10.4. The Morgan fingerprint density at radius 3 is 2.53 bits per heavy atom. The molecule has 1 heterocycles. The van der Waals surface area contributed by atoms with Gasteiger partial charge in [0.1, 0.15) is 0 Å². The number of nitrogens with one attached hydrogen (secondary N) is 1. The van der Waals surface area contributed by atoms with Crippen molar-refractivity contribution in [1.82, 2.24) is 4.98 Å². The minimum atomic E-state index is -4.66. The topological polar surface area (TPSA) is 36.0 Å². The van der Waals surface area contributed by atoms with Crippen LogP contribution in [0, 0.1) is 12.8 Å². The lowest BCUT2D eigenvalue weighted by Gasteiger charge is -2.30. The SMILES string of the molecule is Cc1cccc2c(C(O)(C3CC3)C(F)(F)F)c[nH]c12. The lowest BCUT2D eigenvalue weighted by molar-refractivity contribution is -0.274. The monoisotopic (exact) mass is 269 g/mol. The minimum Gasteiger partial charge on any atom is -0.376 e. The molecule has 19 heavy (non-hydrogen) atoms. The summed E-state index contributed by atoms with van der Waals surface area (Å²) in [4.78, 5) is 2.86. The maximum atomic E-state index is 13.3. The summed E-state index contributed by atoms with van der Waals surface area (Å²) < 4.78 is 40.0. The highest BCUT2D eigenvalue weighted by Gasteiger charge is 2.63. The van der Waals surface area contributed by atoms with Crippen molar-refractivity contribution in [3.05, 3.63) is 35.5 Å². The molecule has 0 spiro atoms. The van der Waals surface area contributed by atoms with Crippen molar-refractivity contribution in [2.24, 2.45) is 5.92 Å². The molecule has 2 aromatic rings. The molecule has 1 atom stereocenters. The van der Waals surface area contributed by atoms with E-state index in [-0.39, 0.29) is 5.56 Å². The Kier molecular flexibility index (Phi) is 2.48. The van der Waals surface area contributed by atoms with Gasteiger partial charge in [0.25, 0.3) is 0 Å². The molecule has 102 valence electrons. The summed E-state index contributed by atoms with van der Waals surface area (Å²) in [5.74, 6) is -0.730. The van der Waals surface area contributed by atoms with Gasteiger partial charge in [0, 0.05) is 28.6 Å². The maximum Gasteiger partial charge on any atom is 0.421 e. The van der Waals surface area contributed by atoms with E-state index in [0.29, 0.717) is 23.7 Å². The summed E-state index contributed by atoms with van der Waals surface area (Å²) in [7, 11) is 0. The third kappa shape index (κ3) is 1.68.